The molecule has 0 saturated heterocycles. The fourth-order valence-corrected chi connectivity index (χ4v) is 5.94. The fraction of sp³-hybridized carbons (Fsp3) is 0.458. The molecule has 0 atom stereocenters. The van der Waals surface area contributed by atoms with E-state index in [1.165, 1.54) is 36.8 Å². The zero-order chi connectivity index (χ0) is 18.2. The summed E-state index contributed by atoms with van der Waals surface area (Å²) in [7, 11) is 0. The molecular formula is C24H27NO2. The quantitative estimate of drug-likeness (QED) is 0.324. The summed E-state index contributed by atoms with van der Waals surface area (Å²) in [6.07, 6.45) is 8.32. The second-order valence-electron chi connectivity index (χ2n) is 8.75. The molecule has 2 aromatic carbocycles. The molecule has 2 aromatic rings. The minimum Gasteiger partial charge on any atom is -0.624 e. The monoisotopic (exact) mass is 361 g/mol. The van der Waals surface area contributed by atoms with E-state index in [4.69, 9.17) is 4.74 Å². The van der Waals surface area contributed by atoms with Crippen molar-refractivity contribution in [2.75, 3.05) is 0 Å². The van der Waals surface area contributed by atoms with Crippen LogP contribution in [-0.2, 0) is 6.61 Å². The maximum absolute atomic E-state index is 12.9. The van der Waals surface area contributed by atoms with Crippen molar-refractivity contribution in [3.05, 3.63) is 70.9 Å². The van der Waals surface area contributed by atoms with E-state index < -0.39 is 0 Å². The van der Waals surface area contributed by atoms with Crippen LogP contribution in [0.4, 0.5) is 0 Å². The van der Waals surface area contributed by atoms with Gasteiger partial charge in [0.15, 0.2) is 12.3 Å². The molecule has 140 valence electrons. The van der Waals surface area contributed by atoms with Crippen LogP contribution in [0.1, 0.15) is 43.2 Å². The van der Waals surface area contributed by atoms with Crippen LogP contribution in [0.25, 0.3) is 0 Å². The Morgan fingerprint density at radius 1 is 0.852 bits per heavy atom. The lowest BCUT2D eigenvalue weighted by atomic mass is 9.54. The van der Waals surface area contributed by atoms with E-state index in [1.54, 1.807) is 6.21 Å². The van der Waals surface area contributed by atoms with Gasteiger partial charge in [-0.05, 0) is 73.8 Å². The maximum Gasteiger partial charge on any atom is 0.182 e. The van der Waals surface area contributed by atoms with Crippen LogP contribution in [-0.4, -0.2) is 17.0 Å². The second-order valence-corrected chi connectivity index (χ2v) is 8.75. The van der Waals surface area contributed by atoms with Gasteiger partial charge in [-0.15, -0.1) is 0 Å². The van der Waals surface area contributed by atoms with Crippen molar-refractivity contribution in [2.24, 2.45) is 23.7 Å². The van der Waals surface area contributed by atoms with E-state index in [2.05, 4.69) is 12.1 Å². The van der Waals surface area contributed by atoms with Crippen LogP contribution < -0.4 is 4.74 Å². The average molecular weight is 361 g/mol. The lowest BCUT2D eigenvalue weighted by molar-refractivity contribution is -0.529. The molecule has 4 saturated carbocycles. The molecule has 0 spiro atoms. The molecule has 0 amide bonds. The molecule has 3 nitrogen and oxygen atoms in total. The molecule has 4 bridgehead atoms. The molecule has 4 fully saturated rings. The van der Waals surface area contributed by atoms with Crippen molar-refractivity contribution < 1.29 is 9.48 Å². The van der Waals surface area contributed by atoms with Gasteiger partial charge in [-0.25, -0.2) is 4.74 Å². The van der Waals surface area contributed by atoms with E-state index >= 15 is 0 Å². The Morgan fingerprint density at radius 3 is 2.11 bits per heavy atom. The molecule has 0 aromatic heterocycles. The van der Waals surface area contributed by atoms with E-state index in [0.717, 1.165) is 28.7 Å². The molecule has 0 radical (unpaired) electrons. The molecule has 0 heterocycles. The summed E-state index contributed by atoms with van der Waals surface area (Å²) >= 11 is 0. The van der Waals surface area contributed by atoms with Gasteiger partial charge in [0.25, 0.3) is 0 Å². The summed E-state index contributed by atoms with van der Waals surface area (Å²) in [5.74, 6) is 3.87. The number of ether oxygens (including phenoxy) is 1. The Bertz CT molecular complexity index is 784. The van der Waals surface area contributed by atoms with Crippen LogP contribution in [0.3, 0.4) is 0 Å². The lowest BCUT2D eigenvalue weighted by Crippen LogP contribution is -2.52. The largest absolute Gasteiger partial charge is 0.624 e. The van der Waals surface area contributed by atoms with Gasteiger partial charge in [0.2, 0.25) is 0 Å². The molecule has 6 rings (SSSR count). The predicted molar refractivity (Wildman–Crippen MR) is 107 cm³/mol. The summed E-state index contributed by atoms with van der Waals surface area (Å²) in [5.41, 5.74) is 2.12. The van der Waals surface area contributed by atoms with Crippen LogP contribution in [0.2, 0.25) is 0 Å². The fourth-order valence-electron chi connectivity index (χ4n) is 5.94. The number of benzene rings is 2. The summed E-state index contributed by atoms with van der Waals surface area (Å²) in [4.78, 5) is 0. The maximum atomic E-state index is 12.9. The Morgan fingerprint density at radius 2 is 1.48 bits per heavy atom. The number of rotatable bonds is 5. The van der Waals surface area contributed by atoms with E-state index in [-0.39, 0.29) is 6.04 Å². The molecule has 4 aliphatic rings. The van der Waals surface area contributed by atoms with Crippen molar-refractivity contribution >= 4 is 6.21 Å². The number of hydroxylamine groups is 1. The van der Waals surface area contributed by atoms with E-state index in [0.29, 0.717) is 18.4 Å². The third-order valence-corrected chi connectivity index (χ3v) is 6.88. The van der Waals surface area contributed by atoms with Gasteiger partial charge in [0.1, 0.15) is 12.4 Å². The third kappa shape index (κ3) is 3.47. The highest BCUT2D eigenvalue weighted by molar-refractivity contribution is 5.75. The molecule has 0 unspecified atom stereocenters. The minimum absolute atomic E-state index is 0.201. The number of hydrogen-bond acceptors (Lipinski definition) is 2. The van der Waals surface area contributed by atoms with Gasteiger partial charge >= 0.3 is 0 Å². The highest BCUT2D eigenvalue weighted by atomic mass is 16.5. The van der Waals surface area contributed by atoms with E-state index in [9.17, 15) is 5.21 Å². The molecule has 0 aliphatic heterocycles. The van der Waals surface area contributed by atoms with Gasteiger partial charge < -0.3 is 9.94 Å². The van der Waals surface area contributed by atoms with Crippen molar-refractivity contribution in [1.29, 1.82) is 0 Å². The normalized spacial score (nSPS) is 31.9. The first-order valence-electron chi connectivity index (χ1n) is 10.3. The van der Waals surface area contributed by atoms with Crippen molar-refractivity contribution in [2.45, 2.75) is 44.8 Å². The summed E-state index contributed by atoms with van der Waals surface area (Å²) < 4.78 is 7.12. The number of hydrogen-bond donors (Lipinski definition) is 0. The van der Waals surface area contributed by atoms with Gasteiger partial charge in [-0.3, -0.25) is 0 Å². The molecule has 3 heteroatoms. The highest BCUT2D eigenvalue weighted by Crippen LogP contribution is 2.54. The van der Waals surface area contributed by atoms with Crippen LogP contribution in [0, 0.1) is 28.9 Å². The Balaban J connectivity index is 1.25. The SMILES string of the molecule is [O-][N+](=Cc1ccc(OCc2ccccc2)cc1)C1C2CC3CC(C2)CC1C3. The Hall–Kier alpha value is -2.29. The second kappa shape index (κ2) is 7.03. The standard InChI is InChI=1S/C24H27NO2/c26-25(24-21-11-19-10-20(13-21)14-22(24)12-19)15-17-6-8-23(9-7-17)27-16-18-4-2-1-3-5-18/h1-9,15,19-22,24H,10-14,16H2. The van der Waals surface area contributed by atoms with Crippen LogP contribution >= 0.6 is 0 Å². The zero-order valence-corrected chi connectivity index (χ0v) is 15.7. The van der Waals surface area contributed by atoms with Crippen LogP contribution in [0.5, 0.6) is 5.75 Å². The summed E-state index contributed by atoms with van der Waals surface area (Å²) in [6, 6.07) is 18.2. The minimum atomic E-state index is 0.201. The van der Waals surface area contributed by atoms with Crippen molar-refractivity contribution in [1.82, 2.24) is 0 Å². The Labute approximate surface area is 161 Å². The first-order chi connectivity index (χ1) is 13.2. The summed E-state index contributed by atoms with van der Waals surface area (Å²) in [5, 5.41) is 12.9. The lowest BCUT2D eigenvalue weighted by Gasteiger charge is -2.52. The topological polar surface area (TPSA) is 35.3 Å². The smallest absolute Gasteiger partial charge is 0.182 e. The average Bonchev–Trinajstić information content (AvgIpc) is 2.67. The first-order valence-corrected chi connectivity index (χ1v) is 10.3. The van der Waals surface area contributed by atoms with Gasteiger partial charge in [0.05, 0.1) is 0 Å². The molecule has 4 aliphatic carbocycles. The Kier molecular flexibility index (Phi) is 4.39. The van der Waals surface area contributed by atoms with Gasteiger partial charge in [0, 0.05) is 17.4 Å². The molecular weight excluding hydrogens is 334 g/mol. The highest BCUT2D eigenvalue weighted by Gasteiger charge is 2.52. The molecule has 27 heavy (non-hydrogen) atoms. The van der Waals surface area contributed by atoms with Gasteiger partial charge in [-0.2, -0.15) is 0 Å². The van der Waals surface area contributed by atoms with Crippen molar-refractivity contribution in [3.63, 3.8) is 0 Å². The summed E-state index contributed by atoms with van der Waals surface area (Å²) in [6.45, 7) is 0.561. The number of nitrogens with zero attached hydrogens (tertiary/aromatic N) is 1. The zero-order valence-electron chi connectivity index (χ0n) is 15.7. The predicted octanol–water partition coefficient (Wildman–Crippen LogP) is 5.02. The molecule has 0 N–H and O–H groups in total. The van der Waals surface area contributed by atoms with Gasteiger partial charge in [-0.1, -0.05) is 30.3 Å². The third-order valence-electron chi connectivity index (χ3n) is 6.88. The first kappa shape index (κ1) is 16.9. The van der Waals surface area contributed by atoms with Crippen LogP contribution in [0.15, 0.2) is 54.6 Å². The van der Waals surface area contributed by atoms with Crippen molar-refractivity contribution in [3.8, 4) is 5.75 Å². The van der Waals surface area contributed by atoms with E-state index in [1.807, 2.05) is 42.5 Å².